The molecule has 0 saturated heterocycles. The van der Waals surface area contributed by atoms with Gasteiger partial charge in [-0.05, 0) is 12.1 Å². The lowest BCUT2D eigenvalue weighted by Crippen LogP contribution is -2.33. The van der Waals surface area contributed by atoms with Crippen molar-refractivity contribution in [1.82, 2.24) is 10.8 Å². The highest BCUT2D eigenvalue weighted by atomic mass is 35.5. The molecule has 1 aromatic heterocycles. The zero-order valence-electron chi connectivity index (χ0n) is 6.96. The van der Waals surface area contributed by atoms with Crippen LogP contribution in [-0.4, -0.2) is 13.1 Å². The van der Waals surface area contributed by atoms with E-state index >= 15 is 0 Å². The number of urea groups is 1. The third-order valence-corrected chi connectivity index (χ3v) is 2.48. The van der Waals surface area contributed by atoms with Gasteiger partial charge in [0.1, 0.15) is 0 Å². The van der Waals surface area contributed by atoms with Crippen molar-refractivity contribution in [1.29, 1.82) is 0 Å². The van der Waals surface area contributed by atoms with Gasteiger partial charge in [-0.15, -0.1) is 11.3 Å². The molecule has 1 heterocycles. The molecular weight excluding hydrogens is 212 g/mol. The van der Waals surface area contributed by atoms with Crippen LogP contribution in [0.5, 0.6) is 0 Å². The van der Waals surface area contributed by atoms with E-state index in [4.69, 9.17) is 11.6 Å². The number of hydrogen-bond donors (Lipinski definition) is 2. The van der Waals surface area contributed by atoms with Crippen molar-refractivity contribution in [3.05, 3.63) is 21.3 Å². The van der Waals surface area contributed by atoms with Crippen LogP contribution in [0.4, 0.5) is 4.79 Å². The molecule has 0 aliphatic carbocycles. The molecule has 0 spiro atoms. The highest BCUT2D eigenvalue weighted by Gasteiger charge is 2.00. The Labute approximate surface area is 84.8 Å². The lowest BCUT2D eigenvalue weighted by molar-refractivity contribution is 0.107. The molecule has 2 amide bonds. The molecule has 0 atom stereocenters. The van der Waals surface area contributed by atoms with Crippen molar-refractivity contribution in [2.45, 2.75) is 6.54 Å². The summed E-state index contributed by atoms with van der Waals surface area (Å²) in [5.74, 6) is 0. The third-order valence-electron chi connectivity index (χ3n) is 1.25. The zero-order chi connectivity index (χ0) is 9.68. The van der Waals surface area contributed by atoms with Gasteiger partial charge in [-0.1, -0.05) is 11.6 Å². The standard InChI is InChI=1S/C7H9ClN2O2S/c1-12-10-7(11)9-4-5-2-3-6(8)13-5/h2-3H,4H2,1H3,(H2,9,10,11). The Morgan fingerprint density at radius 1 is 1.69 bits per heavy atom. The van der Waals surface area contributed by atoms with Gasteiger partial charge in [-0.3, -0.25) is 4.84 Å². The Bertz CT molecular complexity index is 290. The van der Waals surface area contributed by atoms with Gasteiger partial charge in [0.05, 0.1) is 18.0 Å². The molecule has 0 fully saturated rings. The van der Waals surface area contributed by atoms with Gasteiger partial charge in [0, 0.05) is 4.88 Å². The van der Waals surface area contributed by atoms with Crippen LogP contribution in [0.2, 0.25) is 4.34 Å². The molecule has 1 aromatic rings. The average Bonchev–Trinajstić information content (AvgIpc) is 2.49. The van der Waals surface area contributed by atoms with Crippen LogP contribution in [0.25, 0.3) is 0 Å². The lowest BCUT2D eigenvalue weighted by Gasteiger charge is -2.02. The molecule has 4 nitrogen and oxygen atoms in total. The largest absolute Gasteiger partial charge is 0.338 e. The number of amides is 2. The topological polar surface area (TPSA) is 50.4 Å². The molecule has 0 bridgehead atoms. The third kappa shape index (κ3) is 3.63. The van der Waals surface area contributed by atoms with Crippen LogP contribution in [0, 0.1) is 0 Å². The maximum atomic E-state index is 10.8. The fraction of sp³-hybridized carbons (Fsp3) is 0.286. The molecule has 0 aliphatic rings. The van der Waals surface area contributed by atoms with Crippen molar-refractivity contribution in [2.75, 3.05) is 7.11 Å². The summed E-state index contributed by atoms with van der Waals surface area (Å²) in [4.78, 5) is 16.3. The van der Waals surface area contributed by atoms with E-state index < -0.39 is 0 Å². The first-order valence-corrected chi connectivity index (χ1v) is 4.73. The van der Waals surface area contributed by atoms with Crippen LogP contribution < -0.4 is 10.8 Å². The van der Waals surface area contributed by atoms with Crippen molar-refractivity contribution in [3.63, 3.8) is 0 Å². The summed E-state index contributed by atoms with van der Waals surface area (Å²) in [6.45, 7) is 0.451. The quantitative estimate of drug-likeness (QED) is 0.763. The first-order valence-electron chi connectivity index (χ1n) is 3.53. The fourth-order valence-corrected chi connectivity index (χ4v) is 1.77. The SMILES string of the molecule is CONC(=O)NCc1ccc(Cl)s1. The number of hydrogen-bond acceptors (Lipinski definition) is 3. The average molecular weight is 221 g/mol. The van der Waals surface area contributed by atoms with Gasteiger partial charge in [0.2, 0.25) is 0 Å². The van der Waals surface area contributed by atoms with E-state index in [0.717, 1.165) is 4.88 Å². The molecule has 0 aromatic carbocycles. The van der Waals surface area contributed by atoms with Crippen LogP contribution in [0.1, 0.15) is 4.88 Å². The summed E-state index contributed by atoms with van der Waals surface area (Å²) in [5.41, 5.74) is 2.14. The smallest absolute Gasteiger partial charge is 0.331 e. The summed E-state index contributed by atoms with van der Waals surface area (Å²) in [6, 6.07) is 3.28. The number of nitrogens with one attached hydrogen (secondary N) is 2. The first kappa shape index (κ1) is 10.3. The van der Waals surface area contributed by atoms with E-state index in [9.17, 15) is 4.79 Å². The minimum absolute atomic E-state index is 0.368. The van der Waals surface area contributed by atoms with E-state index in [0.29, 0.717) is 10.9 Å². The van der Waals surface area contributed by atoms with Gasteiger partial charge in [0.15, 0.2) is 0 Å². The van der Waals surface area contributed by atoms with Crippen molar-refractivity contribution in [3.8, 4) is 0 Å². The minimum atomic E-state index is -0.368. The van der Waals surface area contributed by atoms with Crippen molar-refractivity contribution < 1.29 is 9.63 Å². The van der Waals surface area contributed by atoms with Crippen LogP contribution >= 0.6 is 22.9 Å². The number of carbonyl (C=O) groups is 1. The molecular formula is C7H9ClN2O2S. The Balaban J connectivity index is 2.30. The van der Waals surface area contributed by atoms with Crippen LogP contribution in [-0.2, 0) is 11.4 Å². The Morgan fingerprint density at radius 3 is 3.00 bits per heavy atom. The Morgan fingerprint density at radius 2 is 2.46 bits per heavy atom. The fourth-order valence-electron chi connectivity index (χ4n) is 0.743. The zero-order valence-corrected chi connectivity index (χ0v) is 8.54. The normalized spacial score (nSPS) is 9.69. The van der Waals surface area contributed by atoms with Crippen molar-refractivity contribution >= 4 is 29.0 Å². The monoisotopic (exact) mass is 220 g/mol. The van der Waals surface area contributed by atoms with Gasteiger partial charge in [0.25, 0.3) is 0 Å². The second kappa shape index (κ2) is 5.06. The first-order chi connectivity index (χ1) is 6.22. The Hall–Kier alpha value is -0.780. The highest BCUT2D eigenvalue weighted by molar-refractivity contribution is 7.16. The van der Waals surface area contributed by atoms with Gasteiger partial charge in [-0.2, -0.15) is 0 Å². The summed E-state index contributed by atoms with van der Waals surface area (Å²) < 4.78 is 0.712. The highest BCUT2D eigenvalue weighted by Crippen LogP contribution is 2.20. The van der Waals surface area contributed by atoms with Crippen LogP contribution in [0.3, 0.4) is 0 Å². The maximum absolute atomic E-state index is 10.8. The molecule has 0 radical (unpaired) electrons. The molecule has 6 heteroatoms. The number of rotatable bonds is 3. The van der Waals surface area contributed by atoms with E-state index in [1.54, 1.807) is 6.07 Å². The molecule has 13 heavy (non-hydrogen) atoms. The molecule has 72 valence electrons. The number of halogens is 1. The van der Waals surface area contributed by atoms with E-state index in [2.05, 4.69) is 15.6 Å². The van der Waals surface area contributed by atoms with Gasteiger partial charge < -0.3 is 5.32 Å². The van der Waals surface area contributed by atoms with Gasteiger partial charge >= 0.3 is 6.03 Å². The lowest BCUT2D eigenvalue weighted by atomic mass is 10.5. The second-order valence-electron chi connectivity index (χ2n) is 2.19. The maximum Gasteiger partial charge on any atom is 0.338 e. The van der Waals surface area contributed by atoms with E-state index in [-0.39, 0.29) is 6.03 Å². The van der Waals surface area contributed by atoms with Crippen molar-refractivity contribution in [2.24, 2.45) is 0 Å². The number of hydroxylamine groups is 1. The van der Waals surface area contributed by atoms with E-state index in [1.165, 1.54) is 18.4 Å². The predicted molar refractivity (Wildman–Crippen MR) is 51.7 cm³/mol. The molecule has 1 rings (SSSR count). The predicted octanol–water partition coefficient (Wildman–Crippen LogP) is 1.76. The summed E-state index contributed by atoms with van der Waals surface area (Å²) in [6.07, 6.45) is 0. The Kier molecular flexibility index (Phi) is 4.01. The van der Waals surface area contributed by atoms with Gasteiger partial charge in [-0.25, -0.2) is 10.3 Å². The minimum Gasteiger partial charge on any atom is -0.331 e. The second-order valence-corrected chi connectivity index (χ2v) is 3.99. The van der Waals surface area contributed by atoms with Crippen LogP contribution in [0.15, 0.2) is 12.1 Å². The number of carbonyl (C=O) groups excluding carboxylic acids is 1. The molecule has 0 aliphatic heterocycles. The molecule has 0 unspecified atom stereocenters. The molecule has 0 saturated carbocycles. The number of thiophene rings is 1. The van der Waals surface area contributed by atoms with E-state index in [1.807, 2.05) is 6.07 Å². The molecule has 2 N–H and O–H groups in total. The summed E-state index contributed by atoms with van der Waals surface area (Å²) in [5, 5.41) is 2.59. The summed E-state index contributed by atoms with van der Waals surface area (Å²) >= 11 is 7.13. The summed E-state index contributed by atoms with van der Waals surface area (Å²) in [7, 11) is 1.38.